The number of benzene rings is 3. The van der Waals surface area contributed by atoms with E-state index < -0.39 is 5.97 Å². The average Bonchev–Trinajstić information content (AvgIpc) is 2.67. The fourth-order valence-electron chi connectivity index (χ4n) is 2.59. The predicted octanol–water partition coefficient (Wildman–Crippen LogP) is 4.85. The number of carbonyl (C=O) groups is 1. The summed E-state index contributed by atoms with van der Waals surface area (Å²) in [5.41, 5.74) is 2.87. The zero-order valence-corrected chi connectivity index (χ0v) is 14.5. The molecular weight excluding hydrogens is 328 g/mol. The zero-order chi connectivity index (χ0) is 18.4. The first kappa shape index (κ1) is 17.5. The van der Waals surface area contributed by atoms with Crippen LogP contribution in [0.3, 0.4) is 0 Å². The van der Waals surface area contributed by atoms with Crippen LogP contribution in [0.5, 0.6) is 11.5 Å². The van der Waals surface area contributed by atoms with E-state index in [4.69, 9.17) is 9.47 Å². The Balaban J connectivity index is 1.83. The molecule has 0 unspecified atom stereocenters. The van der Waals surface area contributed by atoms with Crippen LogP contribution >= 0.6 is 0 Å². The molecule has 0 spiro atoms. The van der Waals surface area contributed by atoms with Gasteiger partial charge in [0, 0.05) is 0 Å². The molecule has 0 aliphatic carbocycles. The van der Waals surface area contributed by atoms with Gasteiger partial charge in [-0.3, -0.25) is 0 Å². The molecule has 0 heterocycles. The van der Waals surface area contributed by atoms with Crippen LogP contribution in [-0.2, 0) is 13.2 Å². The molecule has 0 amide bonds. The van der Waals surface area contributed by atoms with Gasteiger partial charge in [0.1, 0.15) is 13.2 Å². The Bertz CT molecular complexity index is 873. The SMILES string of the molecule is Cc1cc(OCc2ccccc2)c(OCc2ccccc2)cc1C(=O)O. The van der Waals surface area contributed by atoms with Crippen LogP contribution in [0.4, 0.5) is 0 Å². The predicted molar refractivity (Wildman–Crippen MR) is 99.7 cm³/mol. The van der Waals surface area contributed by atoms with E-state index in [0.717, 1.165) is 11.1 Å². The lowest BCUT2D eigenvalue weighted by Crippen LogP contribution is -2.05. The van der Waals surface area contributed by atoms with Gasteiger partial charge < -0.3 is 14.6 Å². The summed E-state index contributed by atoms with van der Waals surface area (Å²) < 4.78 is 11.8. The highest BCUT2D eigenvalue weighted by Crippen LogP contribution is 2.32. The van der Waals surface area contributed by atoms with Gasteiger partial charge in [0.05, 0.1) is 5.56 Å². The van der Waals surface area contributed by atoms with Gasteiger partial charge in [-0.25, -0.2) is 4.79 Å². The summed E-state index contributed by atoms with van der Waals surface area (Å²) in [7, 11) is 0. The lowest BCUT2D eigenvalue weighted by Gasteiger charge is -2.15. The minimum Gasteiger partial charge on any atom is -0.485 e. The summed E-state index contributed by atoms with van der Waals surface area (Å²) >= 11 is 0. The Labute approximate surface area is 152 Å². The van der Waals surface area contributed by atoms with Crippen molar-refractivity contribution in [2.45, 2.75) is 20.1 Å². The summed E-state index contributed by atoms with van der Waals surface area (Å²) in [6.07, 6.45) is 0. The second kappa shape index (κ2) is 8.21. The number of hydrogen-bond acceptors (Lipinski definition) is 3. The molecule has 26 heavy (non-hydrogen) atoms. The molecule has 0 saturated heterocycles. The maximum atomic E-state index is 11.4. The van der Waals surface area contributed by atoms with Gasteiger partial charge in [-0.15, -0.1) is 0 Å². The Hall–Kier alpha value is -3.27. The number of carboxylic acid groups (broad SMARTS) is 1. The Morgan fingerprint density at radius 2 is 1.27 bits per heavy atom. The molecule has 3 rings (SSSR count). The lowest BCUT2D eigenvalue weighted by atomic mass is 10.1. The summed E-state index contributed by atoms with van der Waals surface area (Å²) in [6.45, 7) is 2.47. The number of aromatic carboxylic acids is 1. The van der Waals surface area contributed by atoms with Crippen molar-refractivity contribution in [3.63, 3.8) is 0 Å². The topological polar surface area (TPSA) is 55.8 Å². The van der Waals surface area contributed by atoms with E-state index in [-0.39, 0.29) is 5.56 Å². The zero-order valence-electron chi connectivity index (χ0n) is 14.5. The quantitative estimate of drug-likeness (QED) is 0.663. The van der Waals surface area contributed by atoms with Crippen LogP contribution in [0.15, 0.2) is 72.8 Å². The van der Waals surface area contributed by atoms with Crippen molar-refractivity contribution in [1.82, 2.24) is 0 Å². The van der Waals surface area contributed by atoms with E-state index in [9.17, 15) is 9.90 Å². The molecule has 4 nitrogen and oxygen atoms in total. The number of aryl methyl sites for hydroxylation is 1. The number of hydrogen-bond donors (Lipinski definition) is 1. The van der Waals surface area contributed by atoms with E-state index in [1.807, 2.05) is 60.7 Å². The highest BCUT2D eigenvalue weighted by atomic mass is 16.5. The van der Waals surface area contributed by atoms with Crippen LogP contribution in [0, 0.1) is 6.92 Å². The molecule has 4 heteroatoms. The van der Waals surface area contributed by atoms with E-state index in [2.05, 4.69) is 0 Å². The molecule has 0 aromatic heterocycles. The summed E-state index contributed by atoms with van der Waals surface area (Å²) in [5.74, 6) is -0.0262. The molecule has 0 radical (unpaired) electrons. The van der Waals surface area contributed by atoms with Crippen molar-refractivity contribution >= 4 is 5.97 Å². The Morgan fingerprint density at radius 3 is 1.73 bits per heavy atom. The van der Waals surface area contributed by atoms with E-state index in [1.165, 1.54) is 6.07 Å². The molecule has 3 aromatic rings. The van der Waals surface area contributed by atoms with Gasteiger partial charge >= 0.3 is 5.97 Å². The molecule has 0 atom stereocenters. The van der Waals surface area contributed by atoms with Crippen molar-refractivity contribution in [3.05, 3.63) is 95.1 Å². The van der Waals surface area contributed by atoms with E-state index >= 15 is 0 Å². The third-order valence-corrected chi connectivity index (χ3v) is 4.00. The van der Waals surface area contributed by atoms with Crippen molar-refractivity contribution in [2.24, 2.45) is 0 Å². The van der Waals surface area contributed by atoms with Gasteiger partial charge in [-0.05, 0) is 35.7 Å². The monoisotopic (exact) mass is 348 g/mol. The second-order valence-electron chi connectivity index (χ2n) is 5.97. The first-order valence-corrected chi connectivity index (χ1v) is 8.35. The van der Waals surface area contributed by atoms with Crippen LogP contribution in [0.1, 0.15) is 27.0 Å². The first-order chi connectivity index (χ1) is 12.6. The molecule has 0 fully saturated rings. The minimum absolute atomic E-state index is 0.208. The fourth-order valence-corrected chi connectivity index (χ4v) is 2.59. The first-order valence-electron chi connectivity index (χ1n) is 8.35. The normalized spacial score (nSPS) is 10.3. The molecule has 0 bridgehead atoms. The fraction of sp³-hybridized carbons (Fsp3) is 0.136. The molecule has 0 aliphatic heterocycles. The maximum Gasteiger partial charge on any atom is 0.336 e. The van der Waals surface area contributed by atoms with Crippen LogP contribution in [0.25, 0.3) is 0 Å². The number of ether oxygens (including phenoxy) is 2. The van der Waals surface area contributed by atoms with Gasteiger partial charge in [0.25, 0.3) is 0 Å². The number of rotatable bonds is 7. The highest BCUT2D eigenvalue weighted by molar-refractivity contribution is 5.90. The van der Waals surface area contributed by atoms with Crippen LogP contribution in [0.2, 0.25) is 0 Å². The summed E-state index contributed by atoms with van der Waals surface area (Å²) in [6, 6.07) is 22.8. The third kappa shape index (κ3) is 4.42. The van der Waals surface area contributed by atoms with Gasteiger partial charge in [0.2, 0.25) is 0 Å². The Morgan fingerprint density at radius 1 is 0.808 bits per heavy atom. The Kier molecular flexibility index (Phi) is 5.54. The second-order valence-corrected chi connectivity index (χ2v) is 5.97. The van der Waals surface area contributed by atoms with Crippen molar-refractivity contribution in [1.29, 1.82) is 0 Å². The molecule has 1 N–H and O–H groups in total. The number of carboxylic acids is 1. The molecule has 0 saturated carbocycles. The maximum absolute atomic E-state index is 11.4. The minimum atomic E-state index is -0.985. The van der Waals surface area contributed by atoms with E-state index in [1.54, 1.807) is 13.0 Å². The van der Waals surface area contributed by atoms with Gasteiger partial charge in [-0.1, -0.05) is 60.7 Å². The molecular formula is C22H20O4. The van der Waals surface area contributed by atoms with Gasteiger partial charge in [-0.2, -0.15) is 0 Å². The molecule has 3 aromatic carbocycles. The van der Waals surface area contributed by atoms with Crippen LogP contribution in [-0.4, -0.2) is 11.1 Å². The molecule has 0 aliphatic rings. The highest BCUT2D eigenvalue weighted by Gasteiger charge is 2.15. The summed E-state index contributed by atoms with van der Waals surface area (Å²) in [4.78, 5) is 11.4. The largest absolute Gasteiger partial charge is 0.485 e. The van der Waals surface area contributed by atoms with E-state index in [0.29, 0.717) is 30.3 Å². The van der Waals surface area contributed by atoms with Crippen LogP contribution < -0.4 is 9.47 Å². The van der Waals surface area contributed by atoms with Crippen molar-refractivity contribution in [3.8, 4) is 11.5 Å². The smallest absolute Gasteiger partial charge is 0.336 e. The standard InChI is InChI=1S/C22H20O4/c1-16-12-20(25-14-17-8-4-2-5-9-17)21(13-19(16)22(23)24)26-15-18-10-6-3-7-11-18/h2-13H,14-15H2,1H3,(H,23,24). The van der Waals surface area contributed by atoms with Crippen molar-refractivity contribution < 1.29 is 19.4 Å². The summed E-state index contributed by atoms with van der Waals surface area (Å²) in [5, 5.41) is 9.38. The van der Waals surface area contributed by atoms with Crippen molar-refractivity contribution in [2.75, 3.05) is 0 Å². The molecule has 132 valence electrons. The lowest BCUT2D eigenvalue weighted by molar-refractivity contribution is 0.0695. The van der Waals surface area contributed by atoms with Gasteiger partial charge in [0.15, 0.2) is 11.5 Å². The third-order valence-electron chi connectivity index (χ3n) is 4.00. The average molecular weight is 348 g/mol.